The van der Waals surface area contributed by atoms with Crippen LogP contribution in [0.25, 0.3) is 11.6 Å². The summed E-state index contributed by atoms with van der Waals surface area (Å²) in [7, 11) is 0. The lowest BCUT2D eigenvalue weighted by atomic mass is 9.95. The summed E-state index contributed by atoms with van der Waals surface area (Å²) in [6, 6.07) is 48.1. The van der Waals surface area contributed by atoms with Gasteiger partial charge < -0.3 is 4.90 Å². The smallest absolute Gasteiger partial charge is 0.0462 e. The van der Waals surface area contributed by atoms with E-state index in [-0.39, 0.29) is 0 Å². The maximum atomic E-state index is 6.15. The van der Waals surface area contributed by atoms with Gasteiger partial charge in [-0.05, 0) is 76.9 Å². The molecule has 2 heteroatoms. The minimum Gasteiger partial charge on any atom is -0.311 e. The van der Waals surface area contributed by atoms with Gasteiger partial charge in [0.25, 0.3) is 0 Å². The second-order valence-electron chi connectivity index (χ2n) is 8.03. The molecule has 0 heterocycles. The first-order valence-corrected chi connectivity index (χ1v) is 11.7. The summed E-state index contributed by atoms with van der Waals surface area (Å²) in [5, 5.41) is 0.738. The van der Waals surface area contributed by atoms with Crippen LogP contribution < -0.4 is 4.90 Å². The Morgan fingerprint density at radius 2 is 0.912 bits per heavy atom. The number of para-hydroxylation sites is 2. The van der Waals surface area contributed by atoms with E-state index >= 15 is 0 Å². The second kappa shape index (κ2) is 10.2. The van der Waals surface area contributed by atoms with E-state index in [1.165, 1.54) is 5.56 Å². The zero-order valence-corrected chi connectivity index (χ0v) is 19.4. The minimum atomic E-state index is 0.738. The predicted molar refractivity (Wildman–Crippen MR) is 146 cm³/mol. The van der Waals surface area contributed by atoms with Crippen molar-refractivity contribution in [3.63, 3.8) is 0 Å². The molecule has 0 bridgehead atoms. The predicted octanol–water partition coefficient (Wildman–Crippen LogP) is 9.40. The molecule has 0 amide bonds. The van der Waals surface area contributed by atoms with Gasteiger partial charge in [-0.2, -0.15) is 0 Å². The van der Waals surface area contributed by atoms with Gasteiger partial charge in [0.2, 0.25) is 0 Å². The van der Waals surface area contributed by atoms with E-state index in [0.717, 1.165) is 38.8 Å². The lowest BCUT2D eigenvalue weighted by Gasteiger charge is -2.25. The van der Waals surface area contributed by atoms with Crippen molar-refractivity contribution in [2.45, 2.75) is 0 Å². The van der Waals surface area contributed by atoms with Crippen LogP contribution in [0.15, 0.2) is 140 Å². The van der Waals surface area contributed by atoms with Crippen molar-refractivity contribution in [1.29, 1.82) is 0 Å². The normalized spacial score (nSPS) is 11.3. The summed E-state index contributed by atoms with van der Waals surface area (Å²) in [6.45, 7) is 0. The Bertz CT molecular complexity index is 1320. The van der Waals surface area contributed by atoms with Crippen molar-refractivity contribution in [2.75, 3.05) is 4.90 Å². The van der Waals surface area contributed by atoms with E-state index in [0.29, 0.717) is 0 Å². The SMILES string of the molecule is Clc1ccc(C(=Cc2ccc(N(c3ccccc3)c3ccccc3)cc2)c2ccccc2)cc1. The van der Waals surface area contributed by atoms with Crippen LogP contribution in [-0.2, 0) is 0 Å². The number of hydrogen-bond donors (Lipinski definition) is 0. The first-order valence-electron chi connectivity index (χ1n) is 11.3. The van der Waals surface area contributed by atoms with Crippen LogP contribution in [-0.4, -0.2) is 0 Å². The fourth-order valence-corrected chi connectivity index (χ4v) is 4.19. The Morgan fingerprint density at radius 3 is 1.44 bits per heavy atom. The van der Waals surface area contributed by atoms with Gasteiger partial charge in [0.15, 0.2) is 0 Å². The maximum absolute atomic E-state index is 6.15. The number of halogens is 1. The molecule has 0 spiro atoms. The molecule has 1 nitrogen and oxygen atoms in total. The Balaban J connectivity index is 1.54. The largest absolute Gasteiger partial charge is 0.311 e. The molecular formula is C32H24ClN. The first-order chi connectivity index (χ1) is 16.8. The molecule has 0 radical (unpaired) electrons. The monoisotopic (exact) mass is 457 g/mol. The molecule has 34 heavy (non-hydrogen) atoms. The average molecular weight is 458 g/mol. The summed E-state index contributed by atoms with van der Waals surface area (Å²) in [5.41, 5.74) is 7.97. The molecule has 5 aromatic carbocycles. The number of benzene rings is 5. The molecule has 0 atom stereocenters. The van der Waals surface area contributed by atoms with Crippen molar-refractivity contribution < 1.29 is 0 Å². The molecule has 0 fully saturated rings. The quantitative estimate of drug-likeness (QED) is 0.229. The molecule has 5 rings (SSSR count). The first kappa shape index (κ1) is 21.8. The number of hydrogen-bond acceptors (Lipinski definition) is 1. The summed E-state index contributed by atoms with van der Waals surface area (Å²) < 4.78 is 0. The molecule has 0 aliphatic carbocycles. The van der Waals surface area contributed by atoms with E-state index in [1.54, 1.807) is 0 Å². The van der Waals surface area contributed by atoms with E-state index in [9.17, 15) is 0 Å². The third kappa shape index (κ3) is 4.96. The number of rotatable bonds is 6. The van der Waals surface area contributed by atoms with Gasteiger partial charge in [-0.1, -0.05) is 103 Å². The van der Waals surface area contributed by atoms with Crippen LogP contribution in [0.5, 0.6) is 0 Å². The fraction of sp³-hybridized carbons (Fsp3) is 0. The molecule has 0 aromatic heterocycles. The third-order valence-corrected chi connectivity index (χ3v) is 5.98. The highest BCUT2D eigenvalue weighted by Gasteiger charge is 2.12. The minimum absolute atomic E-state index is 0.738. The average Bonchev–Trinajstić information content (AvgIpc) is 2.91. The maximum Gasteiger partial charge on any atom is 0.0462 e. The lowest BCUT2D eigenvalue weighted by molar-refractivity contribution is 1.28. The van der Waals surface area contributed by atoms with Gasteiger partial charge in [-0.15, -0.1) is 0 Å². The molecule has 164 valence electrons. The van der Waals surface area contributed by atoms with Gasteiger partial charge in [0.1, 0.15) is 0 Å². The zero-order chi connectivity index (χ0) is 23.2. The van der Waals surface area contributed by atoms with Crippen molar-refractivity contribution >= 4 is 40.3 Å². The summed E-state index contributed by atoms with van der Waals surface area (Å²) >= 11 is 6.15. The molecule has 0 saturated carbocycles. The molecule has 0 aliphatic heterocycles. The zero-order valence-electron chi connectivity index (χ0n) is 18.7. The molecule has 0 aliphatic rings. The van der Waals surface area contributed by atoms with Crippen molar-refractivity contribution in [3.8, 4) is 0 Å². The van der Waals surface area contributed by atoms with Gasteiger partial charge >= 0.3 is 0 Å². The van der Waals surface area contributed by atoms with Gasteiger partial charge in [0, 0.05) is 22.1 Å². The van der Waals surface area contributed by atoms with Gasteiger partial charge in [0.05, 0.1) is 0 Å². The van der Waals surface area contributed by atoms with Crippen LogP contribution in [0.2, 0.25) is 5.02 Å². The second-order valence-corrected chi connectivity index (χ2v) is 8.47. The van der Waals surface area contributed by atoms with Crippen molar-refractivity contribution in [2.24, 2.45) is 0 Å². The Kier molecular flexibility index (Phi) is 6.56. The number of nitrogens with zero attached hydrogens (tertiary/aromatic N) is 1. The summed E-state index contributed by atoms with van der Waals surface area (Å²) in [5.74, 6) is 0. The summed E-state index contributed by atoms with van der Waals surface area (Å²) in [4.78, 5) is 2.27. The van der Waals surface area contributed by atoms with Crippen LogP contribution in [0.1, 0.15) is 16.7 Å². The fourth-order valence-electron chi connectivity index (χ4n) is 4.07. The van der Waals surface area contributed by atoms with Crippen LogP contribution in [0.3, 0.4) is 0 Å². The standard InChI is InChI=1S/C32H24ClN/c33-28-20-18-27(19-21-28)32(26-10-4-1-5-11-26)24-25-16-22-31(23-17-25)34(29-12-6-2-7-13-29)30-14-8-3-9-15-30/h1-24H. The third-order valence-electron chi connectivity index (χ3n) is 5.73. The van der Waals surface area contributed by atoms with Crippen LogP contribution >= 0.6 is 11.6 Å². The van der Waals surface area contributed by atoms with E-state index < -0.39 is 0 Å². The highest BCUT2D eigenvalue weighted by molar-refractivity contribution is 6.30. The van der Waals surface area contributed by atoms with Crippen molar-refractivity contribution in [1.82, 2.24) is 0 Å². The highest BCUT2D eigenvalue weighted by Crippen LogP contribution is 2.35. The molecule has 5 aromatic rings. The van der Waals surface area contributed by atoms with E-state index in [2.05, 4.69) is 120 Å². The molecule has 0 N–H and O–H groups in total. The van der Waals surface area contributed by atoms with E-state index in [1.807, 2.05) is 30.3 Å². The molecular weight excluding hydrogens is 434 g/mol. The molecule has 0 saturated heterocycles. The van der Waals surface area contributed by atoms with Crippen LogP contribution in [0, 0.1) is 0 Å². The van der Waals surface area contributed by atoms with Gasteiger partial charge in [-0.3, -0.25) is 0 Å². The van der Waals surface area contributed by atoms with Gasteiger partial charge in [-0.25, -0.2) is 0 Å². The lowest BCUT2D eigenvalue weighted by Crippen LogP contribution is -2.09. The van der Waals surface area contributed by atoms with Crippen LogP contribution in [0.4, 0.5) is 17.1 Å². The number of anilines is 3. The van der Waals surface area contributed by atoms with E-state index in [4.69, 9.17) is 11.6 Å². The van der Waals surface area contributed by atoms with Crippen molar-refractivity contribution in [3.05, 3.63) is 161 Å². The topological polar surface area (TPSA) is 3.24 Å². The Hall–Kier alpha value is -4.07. The Morgan fingerprint density at radius 1 is 0.471 bits per heavy atom. The Labute approximate surface area is 206 Å². The summed E-state index contributed by atoms with van der Waals surface area (Å²) in [6.07, 6.45) is 2.23. The molecule has 0 unspecified atom stereocenters. The highest BCUT2D eigenvalue weighted by atomic mass is 35.5.